The molecule has 9 heteroatoms. The van der Waals surface area contributed by atoms with Crippen molar-refractivity contribution in [2.75, 3.05) is 7.11 Å². The Hall–Kier alpha value is -2.92. The van der Waals surface area contributed by atoms with Gasteiger partial charge in [0.05, 0.1) is 13.3 Å². The van der Waals surface area contributed by atoms with Crippen molar-refractivity contribution in [1.29, 1.82) is 0 Å². The molecule has 160 valence electrons. The number of methoxy groups -OCH3 is 1. The van der Waals surface area contributed by atoms with Crippen LogP contribution < -0.4 is 14.3 Å². The fourth-order valence-corrected chi connectivity index (χ4v) is 4.05. The summed E-state index contributed by atoms with van der Waals surface area (Å²) in [7, 11) is -2.61. The first-order chi connectivity index (χ1) is 14.8. The van der Waals surface area contributed by atoms with Gasteiger partial charge in [-0.1, -0.05) is 23.8 Å². The van der Waals surface area contributed by atoms with Crippen molar-refractivity contribution in [3.8, 4) is 11.5 Å². The predicted octanol–water partition coefficient (Wildman–Crippen LogP) is 4.14. The molecule has 0 aromatic heterocycles. The van der Waals surface area contributed by atoms with Crippen LogP contribution in [0.5, 0.6) is 11.5 Å². The summed E-state index contributed by atoms with van der Waals surface area (Å²) in [5.74, 6) is -0.0856. The third kappa shape index (κ3) is 6.05. The zero-order valence-corrected chi connectivity index (χ0v) is 19.7. The smallest absolute Gasteiger partial charge is 0.339 e. The van der Waals surface area contributed by atoms with Crippen LogP contribution in [0.15, 0.2) is 76.7 Å². The minimum Gasteiger partial charge on any atom is -0.493 e. The quantitative estimate of drug-likeness (QED) is 0.207. The SMILES string of the molecule is COc1cc(C=NNC(=O)c2cccc(I)c2)ccc1OS(=O)(=O)c1ccc(C)cc1. The summed E-state index contributed by atoms with van der Waals surface area (Å²) in [5, 5.41) is 3.94. The van der Waals surface area contributed by atoms with Crippen LogP contribution in [-0.4, -0.2) is 27.6 Å². The van der Waals surface area contributed by atoms with E-state index in [1.807, 2.05) is 13.0 Å². The number of nitrogens with one attached hydrogen (secondary N) is 1. The Kier molecular flexibility index (Phi) is 7.29. The third-order valence-corrected chi connectivity index (χ3v) is 6.08. The second-order valence-electron chi connectivity index (χ2n) is 6.47. The number of amides is 1. The highest BCUT2D eigenvalue weighted by Gasteiger charge is 2.19. The van der Waals surface area contributed by atoms with Gasteiger partial charge in [-0.3, -0.25) is 4.79 Å². The molecular formula is C22H19IN2O5S. The Labute approximate surface area is 194 Å². The lowest BCUT2D eigenvalue weighted by atomic mass is 10.2. The van der Waals surface area contributed by atoms with Crippen LogP contribution in [0.4, 0.5) is 0 Å². The minimum atomic E-state index is -4.01. The average Bonchev–Trinajstić information content (AvgIpc) is 2.74. The van der Waals surface area contributed by atoms with E-state index in [2.05, 4.69) is 33.1 Å². The number of carbonyl (C=O) groups is 1. The number of hydrazone groups is 1. The second kappa shape index (κ2) is 9.92. The Morgan fingerprint density at radius 1 is 1.03 bits per heavy atom. The fraction of sp³-hybridized carbons (Fsp3) is 0.0909. The zero-order chi connectivity index (χ0) is 22.4. The second-order valence-corrected chi connectivity index (χ2v) is 9.26. The molecule has 3 rings (SSSR count). The number of hydrogen-bond donors (Lipinski definition) is 1. The van der Waals surface area contributed by atoms with Crippen LogP contribution in [0.25, 0.3) is 0 Å². The first-order valence-corrected chi connectivity index (χ1v) is 11.6. The lowest BCUT2D eigenvalue weighted by Crippen LogP contribution is -2.17. The Balaban J connectivity index is 1.73. The highest BCUT2D eigenvalue weighted by molar-refractivity contribution is 14.1. The topological polar surface area (TPSA) is 94.1 Å². The third-order valence-electron chi connectivity index (χ3n) is 4.16. The molecule has 1 amide bonds. The van der Waals surface area contributed by atoms with Gasteiger partial charge in [0, 0.05) is 9.13 Å². The van der Waals surface area contributed by atoms with Gasteiger partial charge in [-0.05, 0) is 83.6 Å². The van der Waals surface area contributed by atoms with E-state index >= 15 is 0 Å². The normalized spacial score (nSPS) is 11.3. The summed E-state index contributed by atoms with van der Waals surface area (Å²) in [6.07, 6.45) is 1.42. The summed E-state index contributed by atoms with van der Waals surface area (Å²) in [6.45, 7) is 1.86. The van der Waals surface area contributed by atoms with E-state index in [-0.39, 0.29) is 22.3 Å². The number of ether oxygens (including phenoxy) is 1. The van der Waals surface area contributed by atoms with Crippen molar-refractivity contribution in [2.24, 2.45) is 5.10 Å². The molecule has 0 saturated heterocycles. The van der Waals surface area contributed by atoms with E-state index in [9.17, 15) is 13.2 Å². The van der Waals surface area contributed by atoms with Crippen LogP contribution in [0.2, 0.25) is 0 Å². The molecule has 0 atom stereocenters. The Morgan fingerprint density at radius 2 is 1.77 bits per heavy atom. The number of rotatable bonds is 7. The van der Waals surface area contributed by atoms with E-state index < -0.39 is 10.1 Å². The van der Waals surface area contributed by atoms with Crippen LogP contribution in [0, 0.1) is 10.5 Å². The van der Waals surface area contributed by atoms with Crippen molar-refractivity contribution in [3.63, 3.8) is 0 Å². The maximum Gasteiger partial charge on any atom is 0.339 e. The number of carbonyl (C=O) groups excluding carboxylic acids is 1. The first kappa shape index (κ1) is 22.8. The molecule has 31 heavy (non-hydrogen) atoms. The van der Waals surface area contributed by atoms with Crippen LogP contribution in [0.1, 0.15) is 21.5 Å². The molecule has 1 N–H and O–H groups in total. The Morgan fingerprint density at radius 3 is 2.45 bits per heavy atom. The number of benzene rings is 3. The van der Waals surface area contributed by atoms with Gasteiger partial charge in [-0.15, -0.1) is 0 Å². The monoisotopic (exact) mass is 550 g/mol. The lowest BCUT2D eigenvalue weighted by Gasteiger charge is -2.11. The lowest BCUT2D eigenvalue weighted by molar-refractivity contribution is 0.0955. The molecule has 0 heterocycles. The van der Waals surface area contributed by atoms with E-state index in [1.54, 1.807) is 42.5 Å². The molecule has 0 fully saturated rings. The predicted molar refractivity (Wildman–Crippen MR) is 126 cm³/mol. The van der Waals surface area contributed by atoms with Crippen LogP contribution >= 0.6 is 22.6 Å². The van der Waals surface area contributed by atoms with Gasteiger partial charge in [-0.25, -0.2) is 5.43 Å². The summed E-state index contributed by atoms with van der Waals surface area (Å²) >= 11 is 2.12. The number of halogens is 1. The van der Waals surface area contributed by atoms with Gasteiger partial charge >= 0.3 is 10.1 Å². The van der Waals surface area contributed by atoms with Crippen molar-refractivity contribution in [2.45, 2.75) is 11.8 Å². The highest BCUT2D eigenvalue weighted by Crippen LogP contribution is 2.30. The molecule has 0 aliphatic carbocycles. The molecule has 0 bridgehead atoms. The molecule has 3 aromatic carbocycles. The van der Waals surface area contributed by atoms with Gasteiger partial charge in [0.15, 0.2) is 11.5 Å². The number of nitrogens with zero attached hydrogens (tertiary/aromatic N) is 1. The van der Waals surface area contributed by atoms with Crippen LogP contribution in [0.3, 0.4) is 0 Å². The molecule has 0 aliphatic heterocycles. The van der Waals surface area contributed by atoms with Crippen molar-refractivity contribution < 1.29 is 22.1 Å². The minimum absolute atomic E-state index is 0.0446. The molecule has 0 radical (unpaired) electrons. The maximum absolute atomic E-state index is 12.5. The first-order valence-electron chi connectivity index (χ1n) is 9.06. The molecule has 0 unspecified atom stereocenters. The van der Waals surface area contributed by atoms with E-state index in [0.29, 0.717) is 11.1 Å². The summed E-state index contributed by atoms with van der Waals surface area (Å²) in [5.41, 5.74) is 4.46. The van der Waals surface area contributed by atoms with Crippen molar-refractivity contribution in [1.82, 2.24) is 5.43 Å². The molecule has 0 spiro atoms. The number of hydrogen-bond acceptors (Lipinski definition) is 6. The standard InChI is InChI=1S/C22H19IN2O5S/c1-15-6-9-19(10-7-15)31(27,28)30-20-11-8-16(12-21(20)29-2)14-24-25-22(26)17-4-3-5-18(23)13-17/h3-14H,1-2H3,(H,25,26). The summed E-state index contributed by atoms with van der Waals surface area (Å²) in [4.78, 5) is 12.2. The molecule has 3 aromatic rings. The van der Waals surface area contributed by atoms with Gasteiger partial charge in [-0.2, -0.15) is 13.5 Å². The van der Waals surface area contributed by atoms with Gasteiger partial charge in [0.2, 0.25) is 0 Å². The highest BCUT2D eigenvalue weighted by atomic mass is 127. The van der Waals surface area contributed by atoms with Crippen LogP contribution in [-0.2, 0) is 10.1 Å². The Bertz CT molecular complexity index is 1220. The average molecular weight is 550 g/mol. The molecule has 7 nitrogen and oxygen atoms in total. The molecular weight excluding hydrogens is 531 g/mol. The summed E-state index contributed by atoms with van der Waals surface area (Å²) in [6, 6.07) is 18.1. The molecule has 0 saturated carbocycles. The van der Waals surface area contributed by atoms with Gasteiger partial charge in [0.25, 0.3) is 5.91 Å². The zero-order valence-electron chi connectivity index (χ0n) is 16.7. The van der Waals surface area contributed by atoms with Crippen molar-refractivity contribution >= 4 is 44.8 Å². The fourth-order valence-electron chi connectivity index (χ4n) is 2.56. The van der Waals surface area contributed by atoms with E-state index in [1.165, 1.54) is 31.5 Å². The maximum atomic E-state index is 12.5. The molecule has 0 aliphatic rings. The van der Waals surface area contributed by atoms with Gasteiger partial charge in [0.1, 0.15) is 4.90 Å². The summed E-state index contributed by atoms with van der Waals surface area (Å²) < 4.78 is 36.5. The number of aryl methyl sites for hydroxylation is 1. The van der Waals surface area contributed by atoms with E-state index in [0.717, 1.165) is 9.13 Å². The largest absolute Gasteiger partial charge is 0.493 e. The van der Waals surface area contributed by atoms with Crippen molar-refractivity contribution in [3.05, 3.63) is 87.0 Å². The van der Waals surface area contributed by atoms with E-state index in [4.69, 9.17) is 8.92 Å². The van der Waals surface area contributed by atoms with Gasteiger partial charge < -0.3 is 8.92 Å².